The molecule has 1 fully saturated rings. The maximum absolute atomic E-state index is 11.9. The van der Waals surface area contributed by atoms with Crippen molar-refractivity contribution in [2.24, 2.45) is 11.0 Å². The predicted octanol–water partition coefficient (Wildman–Crippen LogP) is 0.597. The highest BCUT2D eigenvalue weighted by atomic mass is 32.2. The zero-order chi connectivity index (χ0) is 17.7. The summed E-state index contributed by atoms with van der Waals surface area (Å²) in [6.07, 6.45) is 1.75. The van der Waals surface area contributed by atoms with Gasteiger partial charge in [-0.15, -0.1) is 0 Å². The van der Waals surface area contributed by atoms with Crippen LogP contribution in [-0.4, -0.2) is 53.4 Å². The summed E-state index contributed by atoms with van der Waals surface area (Å²) in [5.74, 6) is 0.349. The number of carbonyl (C=O) groups is 1. The Balaban J connectivity index is 2.08. The fourth-order valence-electron chi connectivity index (χ4n) is 2.44. The number of sulfone groups is 1. The molecule has 0 saturated carbocycles. The van der Waals surface area contributed by atoms with E-state index in [-0.39, 0.29) is 11.5 Å². The van der Waals surface area contributed by atoms with Gasteiger partial charge in [0.25, 0.3) is 0 Å². The highest BCUT2D eigenvalue weighted by Gasteiger charge is 2.32. The van der Waals surface area contributed by atoms with Crippen molar-refractivity contribution in [3.05, 3.63) is 17.7 Å². The number of ether oxygens (including phenoxy) is 3. The highest BCUT2D eigenvalue weighted by Crippen LogP contribution is 2.37. The number of methoxy groups -OCH3 is 3. The van der Waals surface area contributed by atoms with Crippen LogP contribution in [0.1, 0.15) is 12.0 Å². The molecule has 2 rings (SSSR count). The summed E-state index contributed by atoms with van der Waals surface area (Å²) in [4.78, 5) is 11.9. The molecule has 132 valence electrons. The van der Waals surface area contributed by atoms with Gasteiger partial charge in [-0.3, -0.25) is 4.79 Å². The molecule has 1 heterocycles. The quantitative estimate of drug-likeness (QED) is 0.591. The van der Waals surface area contributed by atoms with Crippen molar-refractivity contribution in [1.29, 1.82) is 0 Å². The molecule has 1 atom stereocenters. The molecule has 1 saturated heterocycles. The van der Waals surface area contributed by atoms with Gasteiger partial charge in [-0.2, -0.15) is 5.10 Å². The molecule has 1 amide bonds. The minimum Gasteiger partial charge on any atom is -0.493 e. The normalized spacial score (nSPS) is 19.2. The number of rotatable bonds is 6. The first kappa shape index (κ1) is 18.1. The molecular formula is C15H20N2O6S. The van der Waals surface area contributed by atoms with Crippen molar-refractivity contribution in [1.82, 2.24) is 5.43 Å². The first-order chi connectivity index (χ1) is 11.4. The minimum absolute atomic E-state index is 0.0433. The van der Waals surface area contributed by atoms with Crippen molar-refractivity contribution in [3.63, 3.8) is 0 Å². The number of amides is 1. The number of nitrogens with one attached hydrogen (secondary N) is 1. The second-order valence-electron chi connectivity index (χ2n) is 5.29. The summed E-state index contributed by atoms with van der Waals surface area (Å²) in [7, 11) is 1.40. The fraction of sp³-hybridized carbons (Fsp3) is 0.467. The molecular weight excluding hydrogens is 336 g/mol. The smallest absolute Gasteiger partial charge is 0.244 e. The van der Waals surface area contributed by atoms with Crippen LogP contribution in [0.5, 0.6) is 17.2 Å². The number of benzene rings is 1. The third-order valence-electron chi connectivity index (χ3n) is 3.68. The average Bonchev–Trinajstić information content (AvgIpc) is 2.93. The summed E-state index contributed by atoms with van der Waals surface area (Å²) in [6.45, 7) is 0. The Morgan fingerprint density at radius 1 is 1.21 bits per heavy atom. The van der Waals surface area contributed by atoms with Gasteiger partial charge in [0.1, 0.15) is 0 Å². The van der Waals surface area contributed by atoms with Crippen molar-refractivity contribution >= 4 is 22.0 Å². The van der Waals surface area contributed by atoms with Crippen LogP contribution in [0.15, 0.2) is 17.2 Å². The van der Waals surface area contributed by atoms with Crippen LogP contribution < -0.4 is 19.6 Å². The molecule has 0 aromatic heterocycles. The second-order valence-corrected chi connectivity index (χ2v) is 7.52. The van der Waals surface area contributed by atoms with E-state index in [0.717, 1.165) is 0 Å². The molecule has 0 unspecified atom stereocenters. The predicted molar refractivity (Wildman–Crippen MR) is 88.6 cm³/mol. The molecule has 0 bridgehead atoms. The van der Waals surface area contributed by atoms with Crippen molar-refractivity contribution in [2.75, 3.05) is 32.8 Å². The van der Waals surface area contributed by atoms with E-state index in [9.17, 15) is 13.2 Å². The Kier molecular flexibility index (Phi) is 5.66. The van der Waals surface area contributed by atoms with Gasteiger partial charge in [0, 0.05) is 5.56 Å². The molecule has 24 heavy (non-hydrogen) atoms. The van der Waals surface area contributed by atoms with Crippen molar-refractivity contribution in [2.45, 2.75) is 6.42 Å². The van der Waals surface area contributed by atoms with Crippen LogP contribution in [0, 0.1) is 5.92 Å². The van der Waals surface area contributed by atoms with Gasteiger partial charge in [0.15, 0.2) is 21.3 Å². The molecule has 0 radical (unpaired) electrons. The summed E-state index contributed by atoms with van der Waals surface area (Å²) in [6, 6.07) is 3.36. The minimum atomic E-state index is -3.10. The topological polar surface area (TPSA) is 103 Å². The summed E-state index contributed by atoms with van der Waals surface area (Å²) >= 11 is 0. The Morgan fingerprint density at radius 2 is 1.83 bits per heavy atom. The zero-order valence-corrected chi connectivity index (χ0v) is 14.6. The van der Waals surface area contributed by atoms with Crippen LogP contribution >= 0.6 is 0 Å². The van der Waals surface area contributed by atoms with E-state index in [1.54, 1.807) is 12.1 Å². The fourth-order valence-corrected chi connectivity index (χ4v) is 4.18. The summed E-state index contributed by atoms with van der Waals surface area (Å²) in [5.41, 5.74) is 3.00. The van der Waals surface area contributed by atoms with E-state index in [0.29, 0.717) is 29.2 Å². The van der Waals surface area contributed by atoms with Crippen LogP contribution in [0.25, 0.3) is 0 Å². The number of nitrogens with zero attached hydrogens (tertiary/aromatic N) is 1. The second kappa shape index (κ2) is 7.52. The van der Waals surface area contributed by atoms with E-state index in [1.807, 2.05) is 0 Å². The van der Waals surface area contributed by atoms with E-state index in [2.05, 4.69) is 10.5 Å². The van der Waals surface area contributed by atoms with Crippen LogP contribution in [0.3, 0.4) is 0 Å². The monoisotopic (exact) mass is 356 g/mol. The Hall–Kier alpha value is -2.29. The molecule has 1 aliphatic heterocycles. The summed E-state index contributed by atoms with van der Waals surface area (Å²) < 4.78 is 38.5. The lowest BCUT2D eigenvalue weighted by molar-refractivity contribution is -0.124. The number of hydrogen-bond acceptors (Lipinski definition) is 7. The third-order valence-corrected chi connectivity index (χ3v) is 5.45. The lowest BCUT2D eigenvalue weighted by Crippen LogP contribution is -2.27. The van der Waals surface area contributed by atoms with Gasteiger partial charge in [-0.1, -0.05) is 0 Å². The zero-order valence-electron chi connectivity index (χ0n) is 13.7. The third kappa shape index (κ3) is 4.16. The number of carbonyl (C=O) groups excluding carboxylic acids is 1. The molecule has 0 aliphatic carbocycles. The van der Waals surface area contributed by atoms with Gasteiger partial charge < -0.3 is 14.2 Å². The lowest BCUT2D eigenvalue weighted by Gasteiger charge is -2.12. The van der Waals surface area contributed by atoms with E-state index in [1.165, 1.54) is 27.5 Å². The Morgan fingerprint density at radius 3 is 2.29 bits per heavy atom. The molecule has 1 aromatic carbocycles. The van der Waals surface area contributed by atoms with Crippen LogP contribution in [0.4, 0.5) is 0 Å². The molecule has 8 nitrogen and oxygen atoms in total. The highest BCUT2D eigenvalue weighted by molar-refractivity contribution is 7.91. The van der Waals surface area contributed by atoms with E-state index >= 15 is 0 Å². The maximum atomic E-state index is 11.9. The Labute approximate surface area is 140 Å². The first-order valence-corrected chi connectivity index (χ1v) is 9.05. The maximum Gasteiger partial charge on any atom is 0.244 e. The van der Waals surface area contributed by atoms with E-state index in [4.69, 9.17) is 14.2 Å². The molecule has 0 spiro atoms. The van der Waals surface area contributed by atoms with E-state index < -0.39 is 21.7 Å². The molecule has 1 N–H and O–H groups in total. The van der Waals surface area contributed by atoms with Crippen molar-refractivity contribution < 1.29 is 27.4 Å². The molecule has 1 aliphatic rings. The SMILES string of the molecule is COc1cc(/C=N\NC(=O)[C@H]2CCS(=O)(=O)C2)cc(OC)c1OC. The first-order valence-electron chi connectivity index (χ1n) is 7.23. The van der Waals surface area contributed by atoms with Crippen LogP contribution in [-0.2, 0) is 14.6 Å². The average molecular weight is 356 g/mol. The number of hydrazone groups is 1. The van der Waals surface area contributed by atoms with Gasteiger partial charge in [0.2, 0.25) is 11.7 Å². The van der Waals surface area contributed by atoms with Crippen LogP contribution in [0.2, 0.25) is 0 Å². The van der Waals surface area contributed by atoms with Gasteiger partial charge in [-0.25, -0.2) is 13.8 Å². The van der Waals surface area contributed by atoms with Crippen molar-refractivity contribution in [3.8, 4) is 17.2 Å². The largest absolute Gasteiger partial charge is 0.493 e. The lowest BCUT2D eigenvalue weighted by atomic mass is 10.1. The van der Waals surface area contributed by atoms with Gasteiger partial charge in [-0.05, 0) is 18.6 Å². The summed E-state index contributed by atoms with van der Waals surface area (Å²) in [5, 5.41) is 3.87. The molecule has 9 heteroatoms. The van der Waals surface area contributed by atoms with Gasteiger partial charge >= 0.3 is 0 Å². The molecule has 1 aromatic rings. The number of hydrogen-bond donors (Lipinski definition) is 1. The Bertz CT molecular complexity index is 719. The van der Waals surface area contributed by atoms with Gasteiger partial charge in [0.05, 0.1) is 45.0 Å². The standard InChI is InChI=1S/C15H20N2O6S/c1-21-12-6-10(7-13(22-2)14(12)23-3)8-16-17-15(18)11-4-5-24(19,20)9-11/h6-8,11H,4-5,9H2,1-3H3,(H,17,18)/b16-8-/t11-/m0/s1.